The summed E-state index contributed by atoms with van der Waals surface area (Å²) in [5.41, 5.74) is 6.25. The van der Waals surface area contributed by atoms with Crippen molar-refractivity contribution in [1.29, 1.82) is 0 Å². The molecule has 4 heterocycles. The molecule has 0 radical (unpaired) electrons. The van der Waals surface area contributed by atoms with Crippen LogP contribution in [0.3, 0.4) is 0 Å². The van der Waals surface area contributed by atoms with Crippen molar-refractivity contribution in [1.82, 2.24) is 9.80 Å². The van der Waals surface area contributed by atoms with Crippen LogP contribution in [0.15, 0.2) is 48.5 Å². The van der Waals surface area contributed by atoms with Gasteiger partial charge in [0.25, 0.3) is 23.6 Å². The molecule has 2 bridgehead atoms. The average molecular weight is 489 g/mol. The fourth-order valence-corrected chi connectivity index (χ4v) is 6.66. The molecular weight excluding hydrogens is 468 g/mol. The fourth-order valence-electron chi connectivity index (χ4n) is 6.66. The number of benzene rings is 4. The van der Waals surface area contributed by atoms with Crippen molar-refractivity contribution in [3.05, 3.63) is 81.9 Å². The summed E-state index contributed by atoms with van der Waals surface area (Å²) < 4.78 is 0. The van der Waals surface area contributed by atoms with E-state index in [-0.39, 0.29) is 23.6 Å². The molecule has 4 aliphatic rings. The van der Waals surface area contributed by atoms with Gasteiger partial charge in [-0.15, -0.1) is 0 Å². The lowest BCUT2D eigenvalue weighted by Crippen LogP contribution is -2.47. The summed E-state index contributed by atoms with van der Waals surface area (Å²) in [5.74, 6) is -1.16. The summed E-state index contributed by atoms with van der Waals surface area (Å²) in [5, 5.41) is 3.21. The van der Waals surface area contributed by atoms with Gasteiger partial charge in [-0.05, 0) is 35.4 Å². The van der Waals surface area contributed by atoms with Gasteiger partial charge in [-0.3, -0.25) is 29.0 Å². The van der Waals surface area contributed by atoms with Crippen LogP contribution in [0, 0.1) is 0 Å². The van der Waals surface area contributed by atoms with E-state index in [2.05, 4.69) is 9.80 Å². The summed E-state index contributed by atoms with van der Waals surface area (Å²) in [6, 6.07) is 15.1. The Morgan fingerprint density at radius 3 is 1.41 bits per heavy atom. The maximum atomic E-state index is 13.1. The first kappa shape index (κ1) is 20.5. The topological polar surface area (TPSA) is 81.2 Å². The van der Waals surface area contributed by atoms with Crippen molar-refractivity contribution in [2.45, 2.75) is 13.1 Å². The predicted molar refractivity (Wildman–Crippen MR) is 138 cm³/mol. The molecule has 0 saturated heterocycles. The predicted octanol–water partition coefficient (Wildman–Crippen LogP) is 3.74. The zero-order valence-corrected chi connectivity index (χ0v) is 20.2. The smallest absolute Gasteiger partial charge is 0.261 e. The molecule has 0 aromatic heterocycles. The number of anilines is 2. The second-order valence-electron chi connectivity index (χ2n) is 10.2. The molecule has 180 valence electrons. The van der Waals surface area contributed by atoms with Gasteiger partial charge in [-0.1, -0.05) is 24.3 Å². The molecule has 8 heteroatoms. The Morgan fingerprint density at radius 1 is 0.568 bits per heavy atom. The van der Waals surface area contributed by atoms with E-state index in [1.54, 1.807) is 12.1 Å². The van der Waals surface area contributed by atoms with Crippen molar-refractivity contribution in [2.75, 3.05) is 30.6 Å². The molecule has 0 fully saturated rings. The SMILES string of the molecule is CN1C(=O)c2cccc3c4c(cc(c23)C1=O)CN1CN4Cc2cc3c4c(cccc4c21)C(=O)N(C)C3=O. The van der Waals surface area contributed by atoms with Gasteiger partial charge in [0.2, 0.25) is 0 Å². The van der Waals surface area contributed by atoms with Crippen LogP contribution in [0.1, 0.15) is 52.6 Å². The first-order valence-electron chi connectivity index (χ1n) is 12.2. The van der Waals surface area contributed by atoms with E-state index in [1.165, 1.54) is 23.9 Å². The number of carbonyl (C=O) groups is 4. The Kier molecular flexibility index (Phi) is 3.61. The molecule has 0 spiro atoms. The molecule has 4 aromatic carbocycles. The van der Waals surface area contributed by atoms with Gasteiger partial charge >= 0.3 is 0 Å². The number of fused-ring (bicyclic) bond motifs is 8. The number of hydrogen-bond acceptors (Lipinski definition) is 6. The van der Waals surface area contributed by atoms with Crippen molar-refractivity contribution in [3.63, 3.8) is 0 Å². The third-order valence-electron chi connectivity index (χ3n) is 8.26. The number of rotatable bonds is 0. The molecule has 8 rings (SSSR count). The monoisotopic (exact) mass is 488 g/mol. The number of carbonyl (C=O) groups excluding carboxylic acids is 4. The number of hydrogen-bond donors (Lipinski definition) is 0. The second-order valence-corrected chi connectivity index (χ2v) is 10.2. The molecule has 37 heavy (non-hydrogen) atoms. The zero-order chi connectivity index (χ0) is 25.3. The highest BCUT2D eigenvalue weighted by atomic mass is 16.2. The van der Waals surface area contributed by atoms with Crippen LogP contribution in [-0.2, 0) is 13.1 Å². The molecule has 8 nitrogen and oxygen atoms in total. The Hall–Kier alpha value is -4.72. The lowest BCUT2D eigenvalue weighted by Gasteiger charge is -2.46. The van der Waals surface area contributed by atoms with Gasteiger partial charge in [0.15, 0.2) is 0 Å². The van der Waals surface area contributed by atoms with Crippen LogP contribution in [-0.4, -0.2) is 54.2 Å². The molecular formula is C29H20N4O4. The molecule has 0 unspecified atom stereocenters. The van der Waals surface area contributed by atoms with Gasteiger partial charge in [-0.25, -0.2) is 0 Å². The molecule has 4 amide bonds. The van der Waals surface area contributed by atoms with Crippen LogP contribution in [0.5, 0.6) is 0 Å². The van der Waals surface area contributed by atoms with E-state index in [0.29, 0.717) is 52.8 Å². The van der Waals surface area contributed by atoms with Crippen LogP contribution >= 0.6 is 0 Å². The Balaban J connectivity index is 1.38. The average Bonchev–Trinajstić information content (AvgIpc) is 2.91. The Labute approximate surface area is 211 Å². The van der Waals surface area contributed by atoms with Gasteiger partial charge in [0.1, 0.15) is 0 Å². The minimum absolute atomic E-state index is 0.289. The maximum Gasteiger partial charge on any atom is 0.261 e. The molecule has 0 N–H and O–H groups in total. The highest BCUT2D eigenvalue weighted by Gasteiger charge is 2.39. The van der Waals surface area contributed by atoms with Crippen LogP contribution in [0.2, 0.25) is 0 Å². The molecule has 0 saturated carbocycles. The van der Waals surface area contributed by atoms with E-state index in [4.69, 9.17) is 0 Å². The highest BCUT2D eigenvalue weighted by molar-refractivity contribution is 6.28. The molecule has 4 aromatic rings. The van der Waals surface area contributed by atoms with E-state index in [9.17, 15) is 19.2 Å². The molecule has 4 aliphatic heterocycles. The molecule has 0 aliphatic carbocycles. The summed E-state index contributed by atoms with van der Waals surface area (Å²) >= 11 is 0. The van der Waals surface area contributed by atoms with Gasteiger partial charge in [0, 0.05) is 71.0 Å². The van der Waals surface area contributed by atoms with E-state index >= 15 is 0 Å². The first-order chi connectivity index (χ1) is 17.8. The fraction of sp³-hybridized carbons (Fsp3) is 0.172. The minimum Gasteiger partial charge on any atom is -0.349 e. The number of nitrogens with zero attached hydrogens (tertiary/aromatic N) is 4. The van der Waals surface area contributed by atoms with Crippen molar-refractivity contribution in [2.24, 2.45) is 0 Å². The van der Waals surface area contributed by atoms with E-state index < -0.39 is 0 Å². The van der Waals surface area contributed by atoms with E-state index in [1.807, 2.05) is 36.4 Å². The van der Waals surface area contributed by atoms with Gasteiger partial charge < -0.3 is 9.80 Å². The van der Waals surface area contributed by atoms with Crippen LogP contribution < -0.4 is 9.80 Å². The summed E-state index contributed by atoms with van der Waals surface area (Å²) in [7, 11) is 3.05. The molecule has 0 atom stereocenters. The van der Waals surface area contributed by atoms with Crippen LogP contribution in [0.25, 0.3) is 21.5 Å². The Bertz CT molecular complexity index is 1710. The van der Waals surface area contributed by atoms with Crippen molar-refractivity contribution < 1.29 is 19.2 Å². The summed E-state index contributed by atoms with van der Waals surface area (Å²) in [6.45, 7) is 1.76. The van der Waals surface area contributed by atoms with Gasteiger partial charge in [-0.2, -0.15) is 0 Å². The third-order valence-corrected chi connectivity index (χ3v) is 8.26. The summed E-state index contributed by atoms with van der Waals surface area (Å²) in [4.78, 5) is 58.9. The largest absolute Gasteiger partial charge is 0.349 e. The maximum absolute atomic E-state index is 13.1. The van der Waals surface area contributed by atoms with Crippen molar-refractivity contribution >= 4 is 56.5 Å². The number of amides is 4. The van der Waals surface area contributed by atoms with Gasteiger partial charge in [0.05, 0.1) is 18.0 Å². The van der Waals surface area contributed by atoms with Crippen molar-refractivity contribution in [3.8, 4) is 0 Å². The number of imide groups is 2. The minimum atomic E-state index is -0.291. The lowest BCUT2D eigenvalue weighted by atomic mass is 9.86. The lowest BCUT2D eigenvalue weighted by molar-refractivity contribution is 0.0635. The normalized spacial score (nSPS) is 17.7. The second kappa shape index (κ2) is 6.53. The standard InChI is InChI=1S/C29H20N4O4/c1-30-26(34)18-7-3-5-16-22(18)20(28(30)36)9-14-11-32-13-33(24(14)16)12-15-10-21-23-17(25(15)32)6-4-8-19(23)27(35)31(2)29(21)37/h3-10H,11-13H2,1-2H3. The van der Waals surface area contributed by atoms with E-state index in [0.717, 1.165) is 33.3 Å². The Morgan fingerprint density at radius 2 is 0.973 bits per heavy atom. The first-order valence-corrected chi connectivity index (χ1v) is 12.2. The quantitative estimate of drug-likeness (QED) is 0.351. The summed E-state index contributed by atoms with van der Waals surface area (Å²) in [6.07, 6.45) is 0. The highest BCUT2D eigenvalue weighted by Crippen LogP contribution is 2.48. The zero-order valence-electron chi connectivity index (χ0n) is 20.2. The van der Waals surface area contributed by atoms with Crippen LogP contribution in [0.4, 0.5) is 11.4 Å². The third kappa shape index (κ3) is 2.33.